The molecule has 2 heterocycles. The van der Waals surface area contributed by atoms with E-state index >= 15 is 0 Å². The number of imidazole rings is 1. The Morgan fingerprint density at radius 1 is 1.33 bits per heavy atom. The van der Waals surface area contributed by atoms with Gasteiger partial charge in [0.25, 0.3) is 0 Å². The Morgan fingerprint density at radius 3 is 2.46 bits per heavy atom. The minimum atomic E-state index is -0.520. The molecule has 1 amide bonds. The Hall–Kier alpha value is -2.18. The third kappa shape index (κ3) is 3.83. The molecule has 0 atom stereocenters. The molecule has 7 heteroatoms. The minimum absolute atomic E-state index is 0.0382. The minimum Gasteiger partial charge on any atom is -0.444 e. The number of nitrogens with zero attached hydrogens (tertiary/aromatic N) is 3. The van der Waals surface area contributed by atoms with Crippen LogP contribution in [0.1, 0.15) is 60.9 Å². The second-order valence-corrected chi connectivity index (χ2v) is 7.17. The van der Waals surface area contributed by atoms with E-state index in [2.05, 4.69) is 4.98 Å². The second-order valence-electron chi connectivity index (χ2n) is 7.17. The summed E-state index contributed by atoms with van der Waals surface area (Å²) in [5, 5.41) is 0. The van der Waals surface area contributed by atoms with E-state index < -0.39 is 5.60 Å². The number of amides is 1. The van der Waals surface area contributed by atoms with Crippen molar-refractivity contribution in [3.63, 3.8) is 0 Å². The summed E-state index contributed by atoms with van der Waals surface area (Å²) in [6, 6.07) is 0. The van der Waals surface area contributed by atoms with E-state index in [0.29, 0.717) is 43.6 Å². The zero-order valence-electron chi connectivity index (χ0n) is 15.0. The largest absolute Gasteiger partial charge is 0.444 e. The van der Waals surface area contributed by atoms with Crippen LogP contribution in [-0.2, 0) is 18.2 Å². The highest BCUT2D eigenvalue weighted by atomic mass is 16.6. The number of carbonyl (C=O) groups excluding carboxylic acids is 3. The lowest BCUT2D eigenvalue weighted by Crippen LogP contribution is -2.52. The molecule has 7 nitrogen and oxygen atoms in total. The van der Waals surface area contributed by atoms with Gasteiger partial charge in [-0.2, -0.15) is 0 Å². The molecule has 0 radical (unpaired) electrons. The smallest absolute Gasteiger partial charge is 0.410 e. The van der Waals surface area contributed by atoms with Crippen molar-refractivity contribution in [1.29, 1.82) is 0 Å². The van der Waals surface area contributed by atoms with Crippen LogP contribution in [0.2, 0.25) is 0 Å². The van der Waals surface area contributed by atoms with Gasteiger partial charge in [-0.15, -0.1) is 0 Å². The molecule has 24 heavy (non-hydrogen) atoms. The van der Waals surface area contributed by atoms with Crippen molar-refractivity contribution in [2.75, 3.05) is 13.1 Å². The fraction of sp³-hybridized carbons (Fsp3) is 0.647. The highest BCUT2D eigenvalue weighted by Crippen LogP contribution is 2.24. The third-order valence-corrected chi connectivity index (χ3v) is 3.99. The SMILES string of the molecule is CCc1nc(C=O)n(C)c1C(=O)CC1CN(C(=O)OC(C)(C)C)C1. The number of carbonyl (C=O) groups is 3. The molecule has 0 aliphatic carbocycles. The maximum absolute atomic E-state index is 12.6. The van der Waals surface area contributed by atoms with Gasteiger partial charge in [0.05, 0.1) is 5.69 Å². The zero-order chi connectivity index (χ0) is 18.1. The predicted molar refractivity (Wildman–Crippen MR) is 88.2 cm³/mol. The number of aldehydes is 1. The van der Waals surface area contributed by atoms with Crippen LogP contribution in [0.25, 0.3) is 0 Å². The number of rotatable bonds is 5. The summed E-state index contributed by atoms with van der Waals surface area (Å²) in [7, 11) is 1.68. The van der Waals surface area contributed by atoms with E-state index in [1.807, 2.05) is 27.7 Å². The summed E-state index contributed by atoms with van der Waals surface area (Å²) in [6.07, 6.45) is 1.25. The molecule has 1 fully saturated rings. The zero-order valence-corrected chi connectivity index (χ0v) is 15.0. The van der Waals surface area contributed by atoms with Gasteiger partial charge in [-0.3, -0.25) is 9.59 Å². The van der Waals surface area contributed by atoms with E-state index in [9.17, 15) is 14.4 Å². The van der Waals surface area contributed by atoms with E-state index in [0.717, 1.165) is 0 Å². The molecule has 1 saturated heterocycles. The lowest BCUT2D eigenvalue weighted by atomic mass is 9.93. The van der Waals surface area contributed by atoms with Crippen molar-refractivity contribution >= 4 is 18.2 Å². The van der Waals surface area contributed by atoms with Gasteiger partial charge in [0.2, 0.25) is 0 Å². The third-order valence-electron chi connectivity index (χ3n) is 3.99. The normalized spacial score (nSPS) is 15.1. The van der Waals surface area contributed by atoms with E-state index in [1.54, 1.807) is 16.5 Å². The number of aromatic nitrogens is 2. The number of aryl methyl sites for hydroxylation is 1. The molecule has 132 valence electrons. The lowest BCUT2D eigenvalue weighted by molar-refractivity contribution is -0.00178. The van der Waals surface area contributed by atoms with Crippen molar-refractivity contribution in [2.24, 2.45) is 13.0 Å². The first-order chi connectivity index (χ1) is 11.2. The summed E-state index contributed by atoms with van der Waals surface area (Å²) in [6.45, 7) is 8.41. The summed E-state index contributed by atoms with van der Waals surface area (Å²) < 4.78 is 6.86. The maximum Gasteiger partial charge on any atom is 0.410 e. The molecule has 0 bridgehead atoms. The fourth-order valence-electron chi connectivity index (χ4n) is 2.81. The molecule has 0 N–H and O–H groups in total. The van der Waals surface area contributed by atoms with Gasteiger partial charge in [-0.05, 0) is 27.2 Å². The van der Waals surface area contributed by atoms with Crippen molar-refractivity contribution < 1.29 is 19.1 Å². The molecule has 1 aromatic rings. The summed E-state index contributed by atoms with van der Waals surface area (Å²) in [5.41, 5.74) is 0.622. The van der Waals surface area contributed by atoms with Gasteiger partial charge in [0.1, 0.15) is 11.3 Å². The molecular formula is C17H25N3O4. The molecule has 0 saturated carbocycles. The molecule has 0 aromatic carbocycles. The maximum atomic E-state index is 12.6. The van der Waals surface area contributed by atoms with Crippen LogP contribution < -0.4 is 0 Å². The molecule has 2 rings (SSSR count). The number of ketones is 1. The van der Waals surface area contributed by atoms with Gasteiger partial charge < -0.3 is 14.2 Å². The Bertz CT molecular complexity index is 652. The number of Topliss-reactive ketones (excluding diaryl/α,β-unsaturated/α-hetero) is 1. The quantitative estimate of drug-likeness (QED) is 0.609. The average Bonchev–Trinajstić information content (AvgIpc) is 2.76. The number of ether oxygens (including phenoxy) is 1. The van der Waals surface area contributed by atoms with E-state index in [1.165, 1.54) is 0 Å². The van der Waals surface area contributed by atoms with Crippen LogP contribution >= 0.6 is 0 Å². The first-order valence-electron chi connectivity index (χ1n) is 8.18. The first kappa shape index (κ1) is 18.2. The monoisotopic (exact) mass is 335 g/mol. The second kappa shape index (κ2) is 6.75. The van der Waals surface area contributed by atoms with Gasteiger partial charge in [0.15, 0.2) is 17.9 Å². The predicted octanol–water partition coefficient (Wildman–Crippen LogP) is 2.23. The highest BCUT2D eigenvalue weighted by molar-refractivity contribution is 5.97. The Kier molecular flexibility index (Phi) is 5.11. The van der Waals surface area contributed by atoms with Crippen LogP contribution in [0.5, 0.6) is 0 Å². The first-order valence-corrected chi connectivity index (χ1v) is 8.18. The molecule has 0 spiro atoms. The van der Waals surface area contributed by atoms with Crippen LogP contribution in [-0.4, -0.2) is 51.3 Å². The molecule has 1 aromatic heterocycles. The number of hydrogen-bond acceptors (Lipinski definition) is 5. The van der Waals surface area contributed by atoms with E-state index in [-0.39, 0.29) is 23.6 Å². The highest BCUT2D eigenvalue weighted by Gasteiger charge is 2.35. The molecule has 0 unspecified atom stereocenters. The van der Waals surface area contributed by atoms with Crippen LogP contribution in [0.4, 0.5) is 4.79 Å². The van der Waals surface area contributed by atoms with Crippen LogP contribution in [0.3, 0.4) is 0 Å². The van der Waals surface area contributed by atoms with Crippen molar-refractivity contribution in [3.05, 3.63) is 17.2 Å². The number of likely N-dealkylation sites (tertiary alicyclic amines) is 1. The standard InChI is InChI=1S/C17H25N3O4/c1-6-12-15(19(5)14(10-21)18-12)13(22)7-11-8-20(9-11)16(23)24-17(2,3)4/h10-11H,6-9H2,1-5H3. The number of hydrogen-bond donors (Lipinski definition) is 0. The van der Waals surface area contributed by atoms with Crippen LogP contribution in [0, 0.1) is 5.92 Å². The molecular weight excluding hydrogens is 310 g/mol. The topological polar surface area (TPSA) is 81.5 Å². The Morgan fingerprint density at radius 2 is 1.96 bits per heavy atom. The van der Waals surface area contributed by atoms with Gasteiger partial charge in [-0.1, -0.05) is 6.92 Å². The fourth-order valence-corrected chi connectivity index (χ4v) is 2.81. The van der Waals surface area contributed by atoms with Crippen molar-refractivity contribution in [3.8, 4) is 0 Å². The molecule has 1 aliphatic rings. The van der Waals surface area contributed by atoms with Crippen LogP contribution in [0.15, 0.2) is 0 Å². The summed E-state index contributed by atoms with van der Waals surface area (Å²) in [5.74, 6) is 0.340. The van der Waals surface area contributed by atoms with Gasteiger partial charge >= 0.3 is 6.09 Å². The molecule has 1 aliphatic heterocycles. The Labute approximate surface area is 142 Å². The summed E-state index contributed by atoms with van der Waals surface area (Å²) in [4.78, 5) is 41.3. The van der Waals surface area contributed by atoms with Crippen molar-refractivity contribution in [1.82, 2.24) is 14.5 Å². The van der Waals surface area contributed by atoms with Gasteiger partial charge in [0, 0.05) is 32.5 Å². The average molecular weight is 335 g/mol. The summed E-state index contributed by atoms with van der Waals surface area (Å²) >= 11 is 0. The van der Waals surface area contributed by atoms with E-state index in [4.69, 9.17) is 4.74 Å². The van der Waals surface area contributed by atoms with Gasteiger partial charge in [-0.25, -0.2) is 9.78 Å². The van der Waals surface area contributed by atoms with Crippen molar-refractivity contribution in [2.45, 2.75) is 46.1 Å². The lowest BCUT2D eigenvalue weighted by Gasteiger charge is -2.39. The Balaban J connectivity index is 1.95.